The van der Waals surface area contributed by atoms with Crippen molar-refractivity contribution in [1.82, 2.24) is 4.72 Å². The molecule has 1 aromatic heterocycles. The van der Waals surface area contributed by atoms with Crippen LogP contribution in [0.1, 0.15) is 10.4 Å². The summed E-state index contributed by atoms with van der Waals surface area (Å²) in [4.78, 5) is 21.5. The molecule has 2 N–H and O–H groups in total. The first kappa shape index (κ1) is 13.6. The molecule has 0 amide bonds. The molecule has 1 heterocycles. The number of carbonyl (C=O) groups is 2. The molecule has 0 radical (unpaired) electrons. The number of hydrogen-bond donors (Lipinski definition) is 2. The highest BCUT2D eigenvalue weighted by Gasteiger charge is 2.24. The van der Waals surface area contributed by atoms with Gasteiger partial charge in [0.15, 0.2) is 0 Å². The fourth-order valence-electron chi connectivity index (χ4n) is 0.954. The van der Waals surface area contributed by atoms with Gasteiger partial charge in [-0.1, -0.05) is 0 Å². The normalized spacial score (nSPS) is 11.1. The van der Waals surface area contributed by atoms with E-state index in [1.54, 1.807) is 0 Å². The molecule has 0 aliphatic carbocycles. The Bertz CT molecular complexity index is 532. The van der Waals surface area contributed by atoms with E-state index in [1.165, 1.54) is 11.4 Å². The van der Waals surface area contributed by atoms with Crippen LogP contribution in [-0.4, -0.2) is 39.1 Å². The minimum Gasteiger partial charge on any atom is -0.478 e. The number of carbonyl (C=O) groups excluding carboxylic acids is 1. The summed E-state index contributed by atoms with van der Waals surface area (Å²) in [6.45, 7) is -0.546. The highest BCUT2D eigenvalue weighted by atomic mass is 32.2. The first-order chi connectivity index (χ1) is 7.88. The van der Waals surface area contributed by atoms with Crippen LogP contribution < -0.4 is 4.72 Å². The number of nitrogens with one attached hydrogen (secondary N) is 1. The number of carboxylic acid groups (broad SMARTS) is 1. The second kappa shape index (κ2) is 5.25. The summed E-state index contributed by atoms with van der Waals surface area (Å²) in [7, 11) is -2.90. The smallest absolute Gasteiger partial charge is 0.337 e. The lowest BCUT2D eigenvalue weighted by Gasteiger charge is -2.04. The first-order valence-corrected chi connectivity index (χ1v) is 6.62. The van der Waals surface area contributed by atoms with E-state index in [1.807, 2.05) is 4.72 Å². The van der Waals surface area contributed by atoms with E-state index in [9.17, 15) is 18.0 Å². The lowest BCUT2D eigenvalue weighted by atomic mass is 10.4. The molecule has 94 valence electrons. The Hall–Kier alpha value is -1.45. The summed E-state index contributed by atoms with van der Waals surface area (Å²) in [6, 6.07) is 1.18. The SMILES string of the molecule is COC(=O)CNS(=O)(=O)c1sccc1C(=O)O. The molecule has 0 aliphatic rings. The molecule has 0 fully saturated rings. The number of carboxylic acids is 1. The van der Waals surface area contributed by atoms with Gasteiger partial charge in [-0.3, -0.25) is 4.79 Å². The van der Waals surface area contributed by atoms with Gasteiger partial charge in [-0.15, -0.1) is 11.3 Å². The van der Waals surface area contributed by atoms with Crippen molar-refractivity contribution in [3.63, 3.8) is 0 Å². The Morgan fingerprint density at radius 2 is 2.18 bits per heavy atom. The van der Waals surface area contributed by atoms with Crippen molar-refractivity contribution in [1.29, 1.82) is 0 Å². The zero-order valence-corrected chi connectivity index (χ0v) is 10.3. The molecule has 0 saturated heterocycles. The molecule has 1 rings (SSSR count). The number of aromatic carboxylic acids is 1. The van der Waals surface area contributed by atoms with Crippen LogP contribution in [0.2, 0.25) is 0 Å². The topological polar surface area (TPSA) is 110 Å². The number of thiophene rings is 1. The number of rotatable bonds is 5. The van der Waals surface area contributed by atoms with Crippen LogP contribution in [0.25, 0.3) is 0 Å². The summed E-state index contributed by atoms with van der Waals surface area (Å²) in [5, 5.41) is 10.1. The highest BCUT2D eigenvalue weighted by molar-refractivity contribution is 7.91. The van der Waals surface area contributed by atoms with Crippen LogP contribution in [0.3, 0.4) is 0 Å². The van der Waals surface area contributed by atoms with Crippen molar-refractivity contribution in [3.8, 4) is 0 Å². The van der Waals surface area contributed by atoms with Crippen LogP contribution in [0.15, 0.2) is 15.7 Å². The number of esters is 1. The molecule has 9 heteroatoms. The summed E-state index contributed by atoms with van der Waals surface area (Å²) in [6.07, 6.45) is 0. The molecule has 0 saturated carbocycles. The fourth-order valence-corrected chi connectivity index (χ4v) is 3.30. The number of hydrogen-bond acceptors (Lipinski definition) is 6. The van der Waals surface area contributed by atoms with Crippen LogP contribution in [0.5, 0.6) is 0 Å². The third-order valence-electron chi connectivity index (χ3n) is 1.74. The predicted molar refractivity (Wildman–Crippen MR) is 58.5 cm³/mol. The summed E-state index contributed by atoms with van der Waals surface area (Å²) in [5.74, 6) is -2.10. The maximum Gasteiger partial charge on any atom is 0.337 e. The van der Waals surface area contributed by atoms with E-state index in [0.29, 0.717) is 0 Å². The van der Waals surface area contributed by atoms with Crippen molar-refractivity contribution < 1.29 is 27.9 Å². The van der Waals surface area contributed by atoms with Gasteiger partial charge < -0.3 is 9.84 Å². The van der Waals surface area contributed by atoms with Crippen molar-refractivity contribution in [2.45, 2.75) is 4.21 Å². The molecule has 7 nitrogen and oxygen atoms in total. The second-order valence-electron chi connectivity index (χ2n) is 2.83. The van der Waals surface area contributed by atoms with Crippen LogP contribution in [0.4, 0.5) is 0 Å². The first-order valence-electron chi connectivity index (χ1n) is 4.25. The van der Waals surface area contributed by atoms with Crippen molar-refractivity contribution >= 4 is 33.3 Å². The van der Waals surface area contributed by atoms with Gasteiger partial charge in [0, 0.05) is 0 Å². The van der Waals surface area contributed by atoms with Gasteiger partial charge >= 0.3 is 11.9 Å². The largest absolute Gasteiger partial charge is 0.478 e. The van der Waals surface area contributed by atoms with E-state index in [2.05, 4.69) is 4.74 Å². The standard InChI is InChI=1S/C8H9NO6S2/c1-15-6(10)4-9-17(13,14)8-5(7(11)12)2-3-16-8/h2-3,9H,4H2,1H3,(H,11,12). The van der Waals surface area contributed by atoms with Gasteiger partial charge in [-0.05, 0) is 11.4 Å². The lowest BCUT2D eigenvalue weighted by molar-refractivity contribution is -0.139. The van der Waals surface area contributed by atoms with E-state index in [0.717, 1.165) is 18.4 Å². The van der Waals surface area contributed by atoms with Gasteiger partial charge in [-0.2, -0.15) is 4.72 Å². The Balaban J connectivity index is 2.94. The lowest BCUT2D eigenvalue weighted by Crippen LogP contribution is -2.30. The van der Waals surface area contributed by atoms with Crippen LogP contribution in [0, 0.1) is 0 Å². The van der Waals surface area contributed by atoms with E-state index >= 15 is 0 Å². The van der Waals surface area contributed by atoms with Crippen molar-refractivity contribution in [3.05, 3.63) is 17.0 Å². The molecule has 0 unspecified atom stereocenters. The molecule has 0 aliphatic heterocycles. The van der Waals surface area contributed by atoms with E-state index < -0.39 is 28.5 Å². The Morgan fingerprint density at radius 3 is 2.71 bits per heavy atom. The molecule has 17 heavy (non-hydrogen) atoms. The zero-order chi connectivity index (χ0) is 13.1. The number of methoxy groups -OCH3 is 1. The molecular weight excluding hydrogens is 270 g/mol. The maximum absolute atomic E-state index is 11.7. The average Bonchev–Trinajstić information content (AvgIpc) is 2.75. The molecule has 1 aromatic rings. The number of ether oxygens (including phenoxy) is 1. The fraction of sp³-hybridized carbons (Fsp3) is 0.250. The van der Waals surface area contributed by atoms with Gasteiger partial charge in [-0.25, -0.2) is 13.2 Å². The van der Waals surface area contributed by atoms with Gasteiger partial charge in [0.25, 0.3) is 10.0 Å². The summed E-state index contributed by atoms with van der Waals surface area (Å²) < 4.78 is 29.2. The molecular formula is C8H9NO6S2. The third-order valence-corrected chi connectivity index (χ3v) is 4.62. The maximum atomic E-state index is 11.7. The molecule has 0 spiro atoms. The van der Waals surface area contributed by atoms with Gasteiger partial charge in [0.1, 0.15) is 10.8 Å². The molecule has 0 aromatic carbocycles. The van der Waals surface area contributed by atoms with E-state index in [-0.39, 0.29) is 9.77 Å². The molecule has 0 atom stereocenters. The zero-order valence-electron chi connectivity index (χ0n) is 8.67. The average molecular weight is 279 g/mol. The highest BCUT2D eigenvalue weighted by Crippen LogP contribution is 2.22. The van der Waals surface area contributed by atoms with Gasteiger partial charge in [0.2, 0.25) is 0 Å². The monoisotopic (exact) mass is 279 g/mol. The minimum absolute atomic E-state index is 0.327. The van der Waals surface area contributed by atoms with Crippen molar-refractivity contribution in [2.75, 3.05) is 13.7 Å². The van der Waals surface area contributed by atoms with Gasteiger partial charge in [0.05, 0.1) is 12.7 Å². The summed E-state index contributed by atoms with van der Waals surface area (Å²) >= 11 is 0.761. The predicted octanol–water partition coefficient (Wildman–Crippen LogP) is -0.102. The Labute approximate surface area is 101 Å². The Morgan fingerprint density at radius 1 is 1.53 bits per heavy atom. The number of sulfonamides is 1. The van der Waals surface area contributed by atoms with Crippen LogP contribution >= 0.6 is 11.3 Å². The van der Waals surface area contributed by atoms with Crippen molar-refractivity contribution in [2.24, 2.45) is 0 Å². The van der Waals surface area contributed by atoms with E-state index in [4.69, 9.17) is 5.11 Å². The second-order valence-corrected chi connectivity index (χ2v) is 5.71. The summed E-state index contributed by atoms with van der Waals surface area (Å²) in [5.41, 5.74) is -0.327. The quantitative estimate of drug-likeness (QED) is 0.728. The Kier molecular flexibility index (Phi) is 4.21. The third kappa shape index (κ3) is 3.25. The van der Waals surface area contributed by atoms with Crippen LogP contribution in [-0.2, 0) is 19.6 Å². The minimum atomic E-state index is -4.01. The molecule has 0 bridgehead atoms.